The molecule has 2 N–H and O–H groups in total. The first-order chi connectivity index (χ1) is 16.5. The predicted octanol–water partition coefficient (Wildman–Crippen LogP) is 5.17. The molecule has 0 aliphatic heterocycles. The van der Waals surface area contributed by atoms with Gasteiger partial charge >= 0.3 is 0 Å². The first-order valence-corrected chi connectivity index (χ1v) is 12.2. The second kappa shape index (κ2) is 8.96. The zero-order valence-electron chi connectivity index (χ0n) is 18.4. The fourth-order valence-electron chi connectivity index (χ4n) is 4.03. The van der Waals surface area contributed by atoms with E-state index in [0.29, 0.717) is 43.8 Å². The van der Waals surface area contributed by atoms with Crippen LogP contribution in [0.15, 0.2) is 81.6 Å². The van der Waals surface area contributed by atoms with Crippen LogP contribution >= 0.6 is 23.4 Å². The molecule has 34 heavy (non-hydrogen) atoms. The number of hydrogen-bond acceptors (Lipinski definition) is 6. The lowest BCUT2D eigenvalue weighted by atomic mass is 10.1. The molecule has 0 aliphatic rings. The number of nitrogens with zero attached hydrogens (tertiary/aromatic N) is 3. The van der Waals surface area contributed by atoms with E-state index in [9.17, 15) is 9.59 Å². The van der Waals surface area contributed by atoms with E-state index in [1.165, 1.54) is 17.8 Å². The van der Waals surface area contributed by atoms with Crippen molar-refractivity contribution in [1.82, 2.24) is 19.5 Å². The van der Waals surface area contributed by atoms with E-state index in [0.717, 1.165) is 5.39 Å². The van der Waals surface area contributed by atoms with Crippen molar-refractivity contribution in [2.24, 2.45) is 0 Å². The average Bonchev–Trinajstić information content (AvgIpc) is 2.84. The van der Waals surface area contributed by atoms with Crippen LogP contribution in [0.3, 0.4) is 0 Å². The maximum Gasteiger partial charge on any atom is 0.264 e. The van der Waals surface area contributed by atoms with E-state index < -0.39 is 0 Å². The minimum atomic E-state index is -0.385. The zero-order chi connectivity index (χ0) is 23.8. The van der Waals surface area contributed by atoms with Gasteiger partial charge in [0.05, 0.1) is 16.5 Å². The molecule has 0 bridgehead atoms. The Bertz CT molecular complexity index is 1650. The molecule has 0 saturated carbocycles. The molecule has 0 fully saturated rings. The first kappa shape index (κ1) is 22.2. The molecule has 5 aromatic rings. The lowest BCUT2D eigenvalue weighted by Crippen LogP contribution is -2.26. The molecule has 170 valence electrons. The third kappa shape index (κ3) is 3.85. The standard InChI is InChI=1S/C25H20ClN5O2S/c1-14(28-23-21-19(32)11-12-27-22(21)29-25(30-23)34-2)18-13-15-7-6-10-17(26)20(15)24(33)31(18)16-8-4-3-5-9-16/h3-14H,1-2H3,(H2,27,28,29,30,32)/t14-/m0/s1. The Morgan fingerprint density at radius 2 is 1.82 bits per heavy atom. The number of aromatic amines is 1. The van der Waals surface area contributed by atoms with Crippen LogP contribution in [-0.4, -0.2) is 25.8 Å². The van der Waals surface area contributed by atoms with E-state index in [1.54, 1.807) is 16.8 Å². The van der Waals surface area contributed by atoms with Crippen molar-refractivity contribution < 1.29 is 0 Å². The normalized spacial score (nSPS) is 12.2. The van der Waals surface area contributed by atoms with Gasteiger partial charge in [0, 0.05) is 23.6 Å². The second-order valence-electron chi connectivity index (χ2n) is 7.74. The van der Waals surface area contributed by atoms with Gasteiger partial charge in [-0.2, -0.15) is 0 Å². The van der Waals surface area contributed by atoms with Gasteiger partial charge in [-0.1, -0.05) is 53.7 Å². The molecule has 0 unspecified atom stereocenters. The maximum absolute atomic E-state index is 13.7. The molecule has 7 nitrogen and oxygen atoms in total. The van der Waals surface area contributed by atoms with Crippen LogP contribution in [0.5, 0.6) is 0 Å². The van der Waals surface area contributed by atoms with Crippen LogP contribution in [-0.2, 0) is 0 Å². The van der Waals surface area contributed by atoms with Crippen LogP contribution in [0, 0.1) is 0 Å². The highest BCUT2D eigenvalue weighted by Gasteiger charge is 2.20. The fourth-order valence-corrected chi connectivity index (χ4v) is 4.66. The number of pyridine rings is 2. The van der Waals surface area contributed by atoms with Gasteiger partial charge in [0.25, 0.3) is 5.56 Å². The van der Waals surface area contributed by atoms with Crippen LogP contribution in [0.4, 0.5) is 5.82 Å². The zero-order valence-corrected chi connectivity index (χ0v) is 19.9. The SMILES string of the molecule is CSc1nc(N[C@@H](C)c2cc3cccc(Cl)c3c(=O)n2-c2ccccc2)c2c(=O)cc[nH]c2n1. The smallest absolute Gasteiger partial charge is 0.264 e. The highest BCUT2D eigenvalue weighted by Crippen LogP contribution is 2.28. The van der Waals surface area contributed by atoms with Gasteiger partial charge in [0.1, 0.15) is 16.9 Å². The minimum absolute atomic E-state index is 0.193. The predicted molar refractivity (Wildman–Crippen MR) is 139 cm³/mol. The van der Waals surface area contributed by atoms with E-state index in [2.05, 4.69) is 20.3 Å². The number of rotatable bonds is 5. The highest BCUT2D eigenvalue weighted by atomic mass is 35.5. The Balaban J connectivity index is 1.73. The van der Waals surface area contributed by atoms with E-state index in [-0.39, 0.29) is 17.0 Å². The number of thioether (sulfide) groups is 1. The molecule has 2 aromatic carbocycles. The minimum Gasteiger partial charge on any atom is -0.361 e. The van der Waals surface area contributed by atoms with Gasteiger partial charge in [0.2, 0.25) is 0 Å². The van der Waals surface area contributed by atoms with Crippen LogP contribution in [0.25, 0.3) is 27.5 Å². The summed E-state index contributed by atoms with van der Waals surface area (Å²) in [4.78, 5) is 38.3. The highest BCUT2D eigenvalue weighted by molar-refractivity contribution is 7.98. The number of hydrogen-bond donors (Lipinski definition) is 2. The molecule has 0 spiro atoms. The fraction of sp³-hybridized carbons (Fsp3) is 0.120. The Labute approximate surface area is 203 Å². The van der Waals surface area contributed by atoms with Gasteiger partial charge in [-0.25, -0.2) is 9.97 Å². The molecule has 0 aliphatic carbocycles. The summed E-state index contributed by atoms with van der Waals surface area (Å²) < 4.78 is 1.65. The summed E-state index contributed by atoms with van der Waals surface area (Å²) in [5, 5.41) is 5.84. The molecule has 3 aromatic heterocycles. The lowest BCUT2D eigenvalue weighted by Gasteiger charge is -2.22. The Morgan fingerprint density at radius 1 is 1.03 bits per heavy atom. The first-order valence-electron chi connectivity index (χ1n) is 10.6. The van der Waals surface area contributed by atoms with Crippen LogP contribution in [0.2, 0.25) is 5.02 Å². The monoisotopic (exact) mass is 489 g/mol. The maximum atomic E-state index is 13.7. The van der Waals surface area contributed by atoms with E-state index >= 15 is 0 Å². The summed E-state index contributed by atoms with van der Waals surface area (Å²) in [7, 11) is 0. The van der Waals surface area contributed by atoms with Crippen molar-refractivity contribution in [2.45, 2.75) is 18.1 Å². The largest absolute Gasteiger partial charge is 0.361 e. The Hall–Kier alpha value is -3.62. The number of anilines is 1. The van der Waals surface area contributed by atoms with Gasteiger partial charge < -0.3 is 10.3 Å². The molecule has 1 atom stereocenters. The van der Waals surface area contributed by atoms with E-state index in [4.69, 9.17) is 11.6 Å². The van der Waals surface area contributed by atoms with Gasteiger partial charge in [0.15, 0.2) is 10.6 Å². The van der Waals surface area contributed by atoms with Crippen LogP contribution in [0.1, 0.15) is 18.7 Å². The topological polar surface area (TPSA) is 92.7 Å². The van der Waals surface area contributed by atoms with Crippen molar-refractivity contribution in [3.63, 3.8) is 0 Å². The third-order valence-electron chi connectivity index (χ3n) is 5.61. The summed E-state index contributed by atoms with van der Waals surface area (Å²) in [6.07, 6.45) is 3.44. The van der Waals surface area contributed by atoms with Gasteiger partial charge in [-0.3, -0.25) is 14.2 Å². The number of halogens is 1. The number of benzene rings is 2. The number of H-pyrrole nitrogens is 1. The Kier molecular flexibility index (Phi) is 5.85. The number of aromatic nitrogens is 4. The quantitative estimate of drug-likeness (QED) is 0.261. The summed E-state index contributed by atoms with van der Waals surface area (Å²) in [6, 6.07) is 17.8. The summed E-state index contributed by atoms with van der Waals surface area (Å²) in [6.45, 7) is 1.93. The van der Waals surface area contributed by atoms with E-state index in [1.807, 2.05) is 61.7 Å². The summed E-state index contributed by atoms with van der Waals surface area (Å²) in [5.74, 6) is 0.405. The number of para-hydroxylation sites is 1. The molecule has 0 amide bonds. The molecule has 9 heteroatoms. The molecule has 3 heterocycles. The number of fused-ring (bicyclic) bond motifs is 2. The van der Waals surface area contributed by atoms with Crippen molar-refractivity contribution in [3.05, 3.63) is 98.2 Å². The molecular weight excluding hydrogens is 470 g/mol. The average molecular weight is 490 g/mol. The van der Waals surface area contributed by atoms with Crippen LogP contribution < -0.4 is 16.3 Å². The van der Waals surface area contributed by atoms with Crippen molar-refractivity contribution in [2.75, 3.05) is 11.6 Å². The summed E-state index contributed by atoms with van der Waals surface area (Å²) in [5.41, 5.74) is 1.46. The molecule has 5 rings (SSSR count). The number of nitrogens with one attached hydrogen (secondary N) is 2. The molecule has 0 saturated heterocycles. The lowest BCUT2D eigenvalue weighted by molar-refractivity contribution is 0.771. The Morgan fingerprint density at radius 3 is 2.59 bits per heavy atom. The van der Waals surface area contributed by atoms with Crippen molar-refractivity contribution >= 4 is 51.0 Å². The second-order valence-corrected chi connectivity index (χ2v) is 8.92. The summed E-state index contributed by atoms with van der Waals surface area (Å²) >= 11 is 7.79. The molecular formula is C25H20ClN5O2S. The van der Waals surface area contributed by atoms with Crippen molar-refractivity contribution in [1.29, 1.82) is 0 Å². The van der Waals surface area contributed by atoms with Gasteiger partial charge in [-0.15, -0.1) is 0 Å². The van der Waals surface area contributed by atoms with Crippen molar-refractivity contribution in [3.8, 4) is 5.69 Å². The third-order valence-corrected chi connectivity index (χ3v) is 6.47. The van der Waals surface area contributed by atoms with Gasteiger partial charge in [-0.05, 0) is 42.8 Å². The molecule has 0 radical (unpaired) electrons.